The highest BCUT2D eigenvalue weighted by molar-refractivity contribution is 5.79. The van der Waals surface area contributed by atoms with E-state index in [4.69, 9.17) is 4.74 Å². The highest BCUT2D eigenvalue weighted by Gasteiger charge is 2.18. The van der Waals surface area contributed by atoms with Crippen molar-refractivity contribution in [3.8, 4) is 0 Å². The van der Waals surface area contributed by atoms with Crippen molar-refractivity contribution in [1.29, 1.82) is 0 Å². The average molecular weight is 339 g/mol. The molecule has 0 radical (unpaired) electrons. The maximum absolute atomic E-state index is 5.38. The van der Waals surface area contributed by atoms with Crippen LogP contribution in [0.3, 0.4) is 0 Å². The number of hydrogen-bond acceptors (Lipinski definition) is 3. The Labute approximate surface area is 148 Å². The Morgan fingerprint density at radius 2 is 1.92 bits per heavy atom. The van der Waals surface area contributed by atoms with Crippen molar-refractivity contribution < 1.29 is 4.74 Å². The molecule has 0 amide bonds. The van der Waals surface area contributed by atoms with Gasteiger partial charge in [-0.25, -0.2) is 0 Å². The molecule has 2 aliphatic rings. The fourth-order valence-electron chi connectivity index (χ4n) is 3.93. The highest BCUT2D eigenvalue weighted by Crippen LogP contribution is 2.30. The minimum absolute atomic E-state index is 0.897. The molecule has 0 aromatic rings. The van der Waals surface area contributed by atoms with E-state index in [-0.39, 0.29) is 0 Å². The number of unbranched alkanes of at least 4 members (excludes halogenated alkanes) is 1. The van der Waals surface area contributed by atoms with E-state index in [0.29, 0.717) is 0 Å². The summed E-state index contributed by atoms with van der Waals surface area (Å²) in [5, 5.41) is 6.93. The van der Waals surface area contributed by atoms with Crippen LogP contribution in [0.15, 0.2) is 4.99 Å². The van der Waals surface area contributed by atoms with Crippen molar-refractivity contribution in [2.24, 2.45) is 16.8 Å². The summed E-state index contributed by atoms with van der Waals surface area (Å²) in [6.45, 7) is 9.62. The zero-order valence-electron chi connectivity index (χ0n) is 15.9. The lowest BCUT2D eigenvalue weighted by Gasteiger charge is -2.27. The van der Waals surface area contributed by atoms with Gasteiger partial charge in [-0.1, -0.05) is 26.2 Å². The Morgan fingerprint density at radius 3 is 2.67 bits per heavy atom. The van der Waals surface area contributed by atoms with Gasteiger partial charge in [-0.15, -0.1) is 0 Å². The van der Waals surface area contributed by atoms with Crippen LogP contribution in [0.25, 0.3) is 0 Å². The molecule has 2 fully saturated rings. The van der Waals surface area contributed by atoms with Crippen LogP contribution in [0.4, 0.5) is 0 Å². The second-order valence-electron chi connectivity index (χ2n) is 7.51. The van der Waals surface area contributed by atoms with Gasteiger partial charge in [0.05, 0.1) is 13.2 Å². The minimum atomic E-state index is 0.897. The quantitative estimate of drug-likeness (QED) is 0.405. The molecule has 5 nitrogen and oxygen atoms in total. The molecule has 2 rings (SSSR count). The summed E-state index contributed by atoms with van der Waals surface area (Å²) >= 11 is 0. The van der Waals surface area contributed by atoms with Crippen molar-refractivity contribution in [2.45, 2.75) is 51.9 Å². The SMILES string of the molecule is CN=C(NCCCCN1CCOCC1)NCCC1CCCC(C)C1. The third-order valence-electron chi connectivity index (χ3n) is 5.41. The first kappa shape index (κ1) is 19.5. The molecule has 5 heteroatoms. The summed E-state index contributed by atoms with van der Waals surface area (Å²) in [5.74, 6) is 2.80. The molecule has 0 bridgehead atoms. The summed E-state index contributed by atoms with van der Waals surface area (Å²) in [6, 6.07) is 0. The fraction of sp³-hybridized carbons (Fsp3) is 0.947. The summed E-state index contributed by atoms with van der Waals surface area (Å²) in [4.78, 5) is 6.84. The number of guanidine groups is 1. The van der Waals surface area contributed by atoms with Crippen LogP contribution in [0.2, 0.25) is 0 Å². The Hall–Kier alpha value is -0.810. The van der Waals surface area contributed by atoms with Crippen LogP contribution in [0.1, 0.15) is 51.9 Å². The van der Waals surface area contributed by atoms with Crippen LogP contribution in [-0.2, 0) is 4.74 Å². The molecule has 2 unspecified atom stereocenters. The topological polar surface area (TPSA) is 48.9 Å². The smallest absolute Gasteiger partial charge is 0.190 e. The predicted octanol–water partition coefficient (Wildman–Crippen LogP) is 2.48. The van der Waals surface area contributed by atoms with Crippen molar-refractivity contribution in [3.63, 3.8) is 0 Å². The Kier molecular flexibility index (Phi) is 9.51. The summed E-state index contributed by atoms with van der Waals surface area (Å²) < 4.78 is 5.38. The van der Waals surface area contributed by atoms with Crippen LogP contribution >= 0.6 is 0 Å². The van der Waals surface area contributed by atoms with Gasteiger partial charge in [0.2, 0.25) is 0 Å². The van der Waals surface area contributed by atoms with Crippen LogP contribution in [0.5, 0.6) is 0 Å². The monoisotopic (exact) mass is 338 g/mol. The third-order valence-corrected chi connectivity index (χ3v) is 5.41. The summed E-state index contributed by atoms with van der Waals surface area (Å²) in [5.41, 5.74) is 0. The molecular weight excluding hydrogens is 300 g/mol. The van der Waals surface area contributed by atoms with Gasteiger partial charge < -0.3 is 15.4 Å². The molecule has 0 spiro atoms. The molecule has 1 heterocycles. The predicted molar refractivity (Wildman–Crippen MR) is 102 cm³/mol. The molecular formula is C19H38N4O. The molecule has 2 atom stereocenters. The van der Waals surface area contributed by atoms with Gasteiger partial charge in [-0.05, 0) is 44.1 Å². The van der Waals surface area contributed by atoms with Gasteiger partial charge in [0.25, 0.3) is 0 Å². The molecule has 140 valence electrons. The van der Waals surface area contributed by atoms with Crippen LogP contribution < -0.4 is 10.6 Å². The van der Waals surface area contributed by atoms with Crippen molar-refractivity contribution in [3.05, 3.63) is 0 Å². The van der Waals surface area contributed by atoms with E-state index >= 15 is 0 Å². The Bertz CT molecular complexity index is 355. The van der Waals surface area contributed by atoms with E-state index in [1.54, 1.807) is 0 Å². The summed E-state index contributed by atoms with van der Waals surface area (Å²) in [6.07, 6.45) is 9.39. The number of nitrogens with one attached hydrogen (secondary N) is 2. The van der Waals surface area contributed by atoms with Crippen LogP contribution in [-0.4, -0.2) is 63.8 Å². The number of ether oxygens (including phenoxy) is 1. The van der Waals surface area contributed by atoms with Crippen LogP contribution in [0, 0.1) is 11.8 Å². The van der Waals surface area contributed by atoms with E-state index in [1.165, 1.54) is 51.5 Å². The minimum Gasteiger partial charge on any atom is -0.379 e. The van der Waals surface area contributed by atoms with Gasteiger partial charge in [0.15, 0.2) is 5.96 Å². The van der Waals surface area contributed by atoms with E-state index in [2.05, 4.69) is 27.4 Å². The van der Waals surface area contributed by atoms with Gasteiger partial charge >= 0.3 is 0 Å². The van der Waals surface area contributed by atoms with Gasteiger partial charge in [-0.3, -0.25) is 9.89 Å². The first-order chi connectivity index (χ1) is 11.8. The maximum atomic E-state index is 5.38. The van der Waals surface area contributed by atoms with Crippen molar-refractivity contribution >= 4 is 5.96 Å². The van der Waals surface area contributed by atoms with Gasteiger partial charge in [0.1, 0.15) is 0 Å². The maximum Gasteiger partial charge on any atom is 0.190 e. The largest absolute Gasteiger partial charge is 0.379 e. The zero-order valence-corrected chi connectivity index (χ0v) is 15.9. The van der Waals surface area contributed by atoms with Gasteiger partial charge in [0, 0.05) is 33.2 Å². The zero-order chi connectivity index (χ0) is 17.0. The first-order valence-electron chi connectivity index (χ1n) is 10.0. The molecule has 1 saturated carbocycles. The first-order valence-corrected chi connectivity index (χ1v) is 10.0. The molecule has 1 saturated heterocycles. The molecule has 0 aromatic carbocycles. The molecule has 2 N–H and O–H groups in total. The normalized spacial score (nSPS) is 26.3. The van der Waals surface area contributed by atoms with Crippen molar-refractivity contribution in [2.75, 3.05) is 53.0 Å². The van der Waals surface area contributed by atoms with Gasteiger partial charge in [-0.2, -0.15) is 0 Å². The molecule has 0 aromatic heterocycles. The third kappa shape index (κ3) is 7.84. The van der Waals surface area contributed by atoms with E-state index < -0.39 is 0 Å². The molecule has 1 aliphatic heterocycles. The number of aliphatic imine (C=N–C) groups is 1. The number of hydrogen-bond donors (Lipinski definition) is 2. The van der Waals surface area contributed by atoms with E-state index in [0.717, 1.165) is 57.2 Å². The number of rotatable bonds is 8. The average Bonchev–Trinajstić information content (AvgIpc) is 2.61. The molecule has 1 aliphatic carbocycles. The highest BCUT2D eigenvalue weighted by atomic mass is 16.5. The molecule has 24 heavy (non-hydrogen) atoms. The number of morpholine rings is 1. The lowest BCUT2D eigenvalue weighted by atomic mass is 9.81. The Morgan fingerprint density at radius 1 is 1.12 bits per heavy atom. The second-order valence-corrected chi connectivity index (χ2v) is 7.51. The fourth-order valence-corrected chi connectivity index (χ4v) is 3.93. The van der Waals surface area contributed by atoms with Crippen molar-refractivity contribution in [1.82, 2.24) is 15.5 Å². The lowest BCUT2D eigenvalue weighted by molar-refractivity contribution is 0.0372. The standard InChI is InChI=1S/C19H38N4O/c1-17-6-5-7-18(16-17)8-10-22-19(20-2)21-9-3-4-11-23-12-14-24-15-13-23/h17-18H,3-16H2,1-2H3,(H2,20,21,22). The van der Waals surface area contributed by atoms with E-state index in [9.17, 15) is 0 Å². The summed E-state index contributed by atoms with van der Waals surface area (Å²) in [7, 11) is 1.87. The Balaban J connectivity index is 1.47. The lowest BCUT2D eigenvalue weighted by Crippen LogP contribution is -2.39. The van der Waals surface area contributed by atoms with E-state index in [1.807, 2.05) is 7.05 Å². The number of nitrogens with zero attached hydrogens (tertiary/aromatic N) is 2. The second kappa shape index (κ2) is 11.7.